The summed E-state index contributed by atoms with van der Waals surface area (Å²) in [5.41, 5.74) is 1.72. The van der Waals surface area contributed by atoms with Crippen LogP contribution in [0.2, 0.25) is 5.02 Å². The summed E-state index contributed by atoms with van der Waals surface area (Å²) in [6.45, 7) is 1.66. The number of rotatable bonds is 2. The zero-order chi connectivity index (χ0) is 15.9. The molecule has 0 fully saturated rings. The predicted octanol–water partition coefficient (Wildman–Crippen LogP) is 4.70. The normalized spacial score (nSPS) is 10.9. The summed E-state index contributed by atoms with van der Waals surface area (Å²) in [6.07, 6.45) is 1.49. The highest BCUT2D eigenvalue weighted by Crippen LogP contribution is 2.33. The molecule has 0 saturated carbocycles. The molecule has 0 aliphatic carbocycles. The lowest BCUT2D eigenvalue weighted by Gasteiger charge is -2.11. The average molecular weight is 316 g/mol. The van der Waals surface area contributed by atoms with Crippen molar-refractivity contribution in [2.75, 3.05) is 0 Å². The van der Waals surface area contributed by atoms with E-state index in [1.165, 1.54) is 24.4 Å². The molecule has 1 heterocycles. The summed E-state index contributed by atoms with van der Waals surface area (Å²) in [5, 5.41) is 10.8. The topological polar surface area (TPSA) is 50.2 Å². The molecule has 3 rings (SSSR count). The first-order chi connectivity index (χ1) is 10.5. The zero-order valence-electron chi connectivity index (χ0n) is 11.6. The Morgan fingerprint density at radius 2 is 2.00 bits per heavy atom. The first kappa shape index (κ1) is 14.5. The van der Waals surface area contributed by atoms with Gasteiger partial charge in [-0.2, -0.15) is 0 Å². The number of benzene rings is 2. The molecule has 0 radical (unpaired) electrons. The molecule has 0 aliphatic heterocycles. The minimum Gasteiger partial charge on any atom is -0.478 e. The molecule has 3 nitrogen and oxygen atoms in total. The van der Waals surface area contributed by atoms with Crippen LogP contribution in [-0.2, 0) is 0 Å². The number of nitrogens with zero attached hydrogens (tertiary/aromatic N) is 1. The van der Waals surface area contributed by atoms with E-state index in [2.05, 4.69) is 4.98 Å². The second-order valence-corrected chi connectivity index (χ2v) is 5.34. The third kappa shape index (κ3) is 2.31. The van der Waals surface area contributed by atoms with Crippen molar-refractivity contribution in [1.82, 2.24) is 4.98 Å². The molecule has 0 saturated heterocycles. The van der Waals surface area contributed by atoms with Gasteiger partial charge in [-0.25, -0.2) is 9.18 Å². The van der Waals surface area contributed by atoms with Gasteiger partial charge in [0.25, 0.3) is 0 Å². The lowest BCUT2D eigenvalue weighted by Crippen LogP contribution is -1.97. The van der Waals surface area contributed by atoms with E-state index in [1.807, 2.05) is 0 Å². The largest absolute Gasteiger partial charge is 0.478 e. The van der Waals surface area contributed by atoms with E-state index in [4.69, 9.17) is 16.7 Å². The number of hydrogen-bond donors (Lipinski definition) is 1. The van der Waals surface area contributed by atoms with Crippen LogP contribution < -0.4 is 0 Å². The number of fused-ring (bicyclic) bond motifs is 1. The van der Waals surface area contributed by atoms with Crippen molar-refractivity contribution < 1.29 is 14.3 Å². The molecule has 1 aromatic heterocycles. The molecule has 3 aromatic rings. The Labute approximate surface area is 131 Å². The summed E-state index contributed by atoms with van der Waals surface area (Å²) in [5.74, 6) is -1.37. The Kier molecular flexibility index (Phi) is 3.54. The van der Waals surface area contributed by atoms with E-state index >= 15 is 0 Å². The molecule has 0 unspecified atom stereocenters. The van der Waals surface area contributed by atoms with E-state index in [9.17, 15) is 9.18 Å². The van der Waals surface area contributed by atoms with E-state index in [-0.39, 0.29) is 11.4 Å². The van der Waals surface area contributed by atoms with E-state index < -0.39 is 5.97 Å². The summed E-state index contributed by atoms with van der Waals surface area (Å²) >= 11 is 6.14. The molecule has 2 aromatic carbocycles. The van der Waals surface area contributed by atoms with Crippen molar-refractivity contribution >= 4 is 28.3 Å². The lowest BCUT2D eigenvalue weighted by atomic mass is 9.98. The molecule has 0 amide bonds. The maximum atomic E-state index is 13.8. The Morgan fingerprint density at radius 3 is 2.73 bits per heavy atom. The van der Waals surface area contributed by atoms with Crippen molar-refractivity contribution in [2.24, 2.45) is 0 Å². The van der Waals surface area contributed by atoms with Crippen LogP contribution in [0, 0.1) is 12.7 Å². The predicted molar refractivity (Wildman–Crippen MR) is 83.8 cm³/mol. The third-order valence-electron chi connectivity index (χ3n) is 3.61. The van der Waals surface area contributed by atoms with E-state index in [1.54, 1.807) is 25.1 Å². The minimum absolute atomic E-state index is 0.131. The van der Waals surface area contributed by atoms with E-state index in [0.717, 1.165) is 0 Å². The molecule has 110 valence electrons. The fourth-order valence-electron chi connectivity index (χ4n) is 2.42. The first-order valence-electron chi connectivity index (χ1n) is 6.56. The Morgan fingerprint density at radius 1 is 1.23 bits per heavy atom. The Hall–Kier alpha value is -2.46. The summed E-state index contributed by atoms with van der Waals surface area (Å²) in [6, 6.07) is 9.36. The molecule has 22 heavy (non-hydrogen) atoms. The number of aromatic nitrogens is 1. The van der Waals surface area contributed by atoms with Crippen LogP contribution in [0.5, 0.6) is 0 Å². The van der Waals surface area contributed by atoms with Gasteiger partial charge in [-0.1, -0.05) is 29.8 Å². The van der Waals surface area contributed by atoms with Crippen LogP contribution in [0.3, 0.4) is 0 Å². The molecule has 0 atom stereocenters. The number of carboxylic acids is 1. The SMILES string of the molecule is Cc1c(F)cccc1-c1ncc(Cl)c2ccc(C(=O)O)cc12. The first-order valence-corrected chi connectivity index (χ1v) is 6.94. The molecule has 0 spiro atoms. The van der Waals surface area contributed by atoms with Crippen LogP contribution in [0.15, 0.2) is 42.6 Å². The fourth-order valence-corrected chi connectivity index (χ4v) is 2.63. The molecular formula is C17H11ClFNO2. The molecule has 1 N–H and O–H groups in total. The fraction of sp³-hybridized carbons (Fsp3) is 0.0588. The van der Waals surface area contributed by atoms with E-state index in [0.29, 0.717) is 32.6 Å². The van der Waals surface area contributed by atoms with Gasteiger partial charge in [-0.05, 0) is 30.7 Å². The van der Waals surface area contributed by atoms with Crippen molar-refractivity contribution in [3.8, 4) is 11.3 Å². The molecule has 0 bridgehead atoms. The van der Waals surface area contributed by atoms with Gasteiger partial charge < -0.3 is 5.11 Å². The van der Waals surface area contributed by atoms with Gasteiger partial charge in [-0.3, -0.25) is 4.98 Å². The number of carboxylic acid groups (broad SMARTS) is 1. The Bertz CT molecular complexity index is 909. The van der Waals surface area contributed by atoms with Crippen LogP contribution in [-0.4, -0.2) is 16.1 Å². The van der Waals surface area contributed by atoms with Crippen molar-refractivity contribution in [2.45, 2.75) is 6.92 Å². The highest BCUT2D eigenvalue weighted by atomic mass is 35.5. The third-order valence-corrected chi connectivity index (χ3v) is 3.91. The average Bonchev–Trinajstić information content (AvgIpc) is 2.50. The van der Waals surface area contributed by atoms with Gasteiger partial charge in [0.1, 0.15) is 5.82 Å². The number of carbonyl (C=O) groups is 1. The van der Waals surface area contributed by atoms with Gasteiger partial charge in [-0.15, -0.1) is 0 Å². The van der Waals surface area contributed by atoms with Crippen LogP contribution in [0.4, 0.5) is 4.39 Å². The maximum absolute atomic E-state index is 13.8. The van der Waals surface area contributed by atoms with Crippen LogP contribution in [0.1, 0.15) is 15.9 Å². The molecule has 0 aliphatic rings. The highest BCUT2D eigenvalue weighted by molar-refractivity contribution is 6.35. The summed E-state index contributed by atoms with van der Waals surface area (Å²) in [4.78, 5) is 15.5. The number of pyridine rings is 1. The molecule has 5 heteroatoms. The second-order valence-electron chi connectivity index (χ2n) is 4.93. The molecular weight excluding hydrogens is 305 g/mol. The van der Waals surface area contributed by atoms with Crippen LogP contribution in [0.25, 0.3) is 22.0 Å². The lowest BCUT2D eigenvalue weighted by molar-refractivity contribution is 0.0697. The van der Waals surface area contributed by atoms with Gasteiger partial charge in [0.15, 0.2) is 0 Å². The quantitative estimate of drug-likeness (QED) is 0.745. The van der Waals surface area contributed by atoms with Crippen LogP contribution >= 0.6 is 11.6 Å². The smallest absolute Gasteiger partial charge is 0.335 e. The number of hydrogen-bond acceptors (Lipinski definition) is 2. The monoisotopic (exact) mass is 315 g/mol. The standard InChI is InChI=1S/C17H11ClFNO2/c1-9-11(3-2-4-15(9)19)16-13-7-10(17(21)22)5-6-12(13)14(18)8-20-16/h2-8H,1H3,(H,21,22). The number of halogens is 2. The van der Waals surface area contributed by atoms with Gasteiger partial charge in [0, 0.05) is 22.5 Å². The summed E-state index contributed by atoms with van der Waals surface area (Å²) < 4.78 is 13.8. The highest BCUT2D eigenvalue weighted by Gasteiger charge is 2.14. The second kappa shape index (κ2) is 5.39. The van der Waals surface area contributed by atoms with Gasteiger partial charge in [0.05, 0.1) is 16.3 Å². The van der Waals surface area contributed by atoms with Crippen molar-refractivity contribution in [3.63, 3.8) is 0 Å². The van der Waals surface area contributed by atoms with Crippen molar-refractivity contribution in [3.05, 3.63) is 64.6 Å². The van der Waals surface area contributed by atoms with Gasteiger partial charge in [0.2, 0.25) is 0 Å². The zero-order valence-corrected chi connectivity index (χ0v) is 12.4. The van der Waals surface area contributed by atoms with Gasteiger partial charge >= 0.3 is 5.97 Å². The van der Waals surface area contributed by atoms with Crippen molar-refractivity contribution in [1.29, 1.82) is 0 Å². The maximum Gasteiger partial charge on any atom is 0.335 e. The number of aromatic carboxylic acids is 1. The summed E-state index contributed by atoms with van der Waals surface area (Å²) in [7, 11) is 0. The minimum atomic E-state index is -1.04. The Balaban J connectivity index is 2.38.